The van der Waals surface area contributed by atoms with Crippen LogP contribution in [-0.4, -0.2) is 109 Å². The van der Waals surface area contributed by atoms with Gasteiger partial charge < -0.3 is 43.4 Å². The second-order valence-electron chi connectivity index (χ2n) is 17.2. The fraction of sp³-hybridized carbons (Fsp3) is 0.523. The molecule has 0 aliphatic carbocycles. The highest BCUT2D eigenvalue weighted by molar-refractivity contribution is 7.99. The zero-order valence-corrected chi connectivity index (χ0v) is 36.2. The van der Waals surface area contributed by atoms with Crippen LogP contribution in [0.4, 0.5) is 4.79 Å². The summed E-state index contributed by atoms with van der Waals surface area (Å²) in [5, 5.41) is 37.5. The molecule has 6 aliphatic heterocycles. The first kappa shape index (κ1) is 41.6. The number of carbonyl (C=O) groups excluding carboxylic acids is 2. The van der Waals surface area contributed by atoms with Gasteiger partial charge in [0.25, 0.3) is 0 Å². The van der Waals surface area contributed by atoms with Crippen LogP contribution >= 0.6 is 11.8 Å². The number of hydrogen-bond acceptors (Lipinski definition) is 16. The van der Waals surface area contributed by atoms with Gasteiger partial charge in [0.2, 0.25) is 6.79 Å². The Hall–Kier alpha value is -5.08. The van der Waals surface area contributed by atoms with E-state index in [1.807, 2.05) is 27.0 Å². The average Bonchev–Trinajstić information content (AvgIpc) is 3.69. The summed E-state index contributed by atoms with van der Waals surface area (Å²) in [7, 11) is 4.99. The van der Waals surface area contributed by atoms with E-state index in [4.69, 9.17) is 33.2 Å². The van der Waals surface area contributed by atoms with Crippen LogP contribution < -0.4 is 29.0 Å². The molecule has 0 aromatic heterocycles. The van der Waals surface area contributed by atoms with Crippen LogP contribution in [0.2, 0.25) is 0 Å². The van der Waals surface area contributed by atoms with E-state index in [2.05, 4.69) is 21.2 Å². The SMILES string of the molecule is COc1cc2c(cc1OC(=O)OC(C)(C)C)CCN[C@]21CS[C@@H]2c3c(O)c(C)c4c(c3[C@H](COC1=O)N1C2CN(C)[C@@H](Cc2cc(C)c(OC)c(O)c2C)[C@@H]1C#N)OCO4. The Morgan fingerprint density at radius 1 is 1.03 bits per heavy atom. The van der Waals surface area contributed by atoms with Crippen LogP contribution in [0.3, 0.4) is 0 Å². The Morgan fingerprint density at radius 3 is 2.48 bits per heavy atom. The highest BCUT2D eigenvalue weighted by Gasteiger charge is 2.57. The smallest absolute Gasteiger partial charge is 0.507 e. The third-order valence-corrected chi connectivity index (χ3v) is 14.1. The molecule has 3 aromatic carbocycles. The number of phenols is 2. The van der Waals surface area contributed by atoms with Crippen molar-refractivity contribution >= 4 is 23.9 Å². The second kappa shape index (κ2) is 15.4. The topological polar surface area (TPSA) is 182 Å². The zero-order valence-electron chi connectivity index (χ0n) is 35.4. The Kier molecular flexibility index (Phi) is 10.7. The Morgan fingerprint density at radius 2 is 1.78 bits per heavy atom. The third-order valence-electron chi connectivity index (χ3n) is 12.6. The molecule has 2 bridgehead atoms. The Bertz CT molecular complexity index is 2310. The number of aryl methyl sites for hydroxylation is 1. The molecule has 1 unspecified atom stereocenters. The number of nitrogens with zero attached hydrogens (tertiary/aromatic N) is 3. The molecule has 15 nitrogen and oxygen atoms in total. The lowest BCUT2D eigenvalue weighted by molar-refractivity contribution is -0.155. The van der Waals surface area contributed by atoms with Gasteiger partial charge in [-0.2, -0.15) is 5.26 Å². The summed E-state index contributed by atoms with van der Waals surface area (Å²) < 4.78 is 40.8. The van der Waals surface area contributed by atoms with E-state index in [1.54, 1.807) is 39.8 Å². The highest BCUT2D eigenvalue weighted by atomic mass is 32.2. The number of nitrogens with one attached hydrogen (secondary N) is 1. The first-order valence-electron chi connectivity index (χ1n) is 20.1. The fourth-order valence-corrected chi connectivity index (χ4v) is 11.4. The van der Waals surface area contributed by atoms with Gasteiger partial charge in [-0.1, -0.05) is 6.07 Å². The van der Waals surface area contributed by atoms with Gasteiger partial charge in [0.1, 0.15) is 24.0 Å². The van der Waals surface area contributed by atoms with Gasteiger partial charge in [0.05, 0.1) is 31.6 Å². The molecule has 3 aromatic rings. The number of esters is 1. The highest BCUT2D eigenvalue weighted by Crippen LogP contribution is 2.60. The lowest BCUT2D eigenvalue weighted by atomic mass is 9.79. The van der Waals surface area contributed by atoms with Crippen LogP contribution in [0.1, 0.15) is 76.6 Å². The summed E-state index contributed by atoms with van der Waals surface area (Å²) in [6, 6.07) is 5.99. The molecule has 16 heteroatoms. The number of ether oxygens (including phenoxy) is 7. The lowest BCUT2D eigenvalue weighted by Crippen LogP contribution is -2.67. The average molecular weight is 845 g/mol. The molecule has 2 fully saturated rings. The maximum atomic E-state index is 14.9. The molecule has 0 radical (unpaired) electrons. The minimum Gasteiger partial charge on any atom is -0.507 e. The van der Waals surface area contributed by atoms with Crippen LogP contribution in [0.15, 0.2) is 18.2 Å². The largest absolute Gasteiger partial charge is 0.514 e. The fourth-order valence-electron chi connectivity index (χ4n) is 9.72. The summed E-state index contributed by atoms with van der Waals surface area (Å²) in [5.41, 5.74) is 3.48. The number of rotatable bonds is 5. The van der Waals surface area contributed by atoms with Crippen LogP contribution in [-0.2, 0) is 32.6 Å². The summed E-state index contributed by atoms with van der Waals surface area (Å²) >= 11 is 1.50. The molecular weight excluding hydrogens is 793 g/mol. The molecular formula is C44H52N4O11S. The van der Waals surface area contributed by atoms with Crippen molar-refractivity contribution in [2.75, 3.05) is 53.5 Å². The molecule has 0 saturated carbocycles. The maximum Gasteiger partial charge on any atom is 0.514 e. The molecule has 60 heavy (non-hydrogen) atoms. The van der Waals surface area contributed by atoms with E-state index in [0.717, 1.165) is 16.7 Å². The number of fused-ring (bicyclic) bond motifs is 5. The normalized spacial score (nSPS) is 26.0. The quantitative estimate of drug-likeness (QED) is 0.212. The number of aromatic hydroxyl groups is 2. The molecule has 6 heterocycles. The standard InChI is InChI=1S/C44H52N4O11S/c1-21-12-25(22(2)36(50)37(21)54-9)13-27-28(16-45)48-29(17-47(27)7)40-34-33(39-38(56-20-57-39)23(3)35(34)49)30(48)18-55-41(51)44(19-60-40)26-15-31(53-8)32(14-24(26)10-11-46-44)58-42(52)59-43(4,5)6/h12,14-15,27-30,40,46,49-50H,10-11,13,17-20H2,1-9H3/t27-,28-,29?,30-,40-,44+/m0/s1. The van der Waals surface area contributed by atoms with E-state index in [1.165, 1.54) is 26.0 Å². The maximum absolute atomic E-state index is 14.9. The van der Waals surface area contributed by atoms with Crippen LogP contribution in [0, 0.1) is 32.1 Å². The van der Waals surface area contributed by atoms with Crippen molar-refractivity contribution in [3.8, 4) is 46.3 Å². The molecule has 1 spiro atoms. The number of methoxy groups -OCH3 is 2. The van der Waals surface area contributed by atoms with E-state index in [0.29, 0.717) is 71.0 Å². The zero-order chi connectivity index (χ0) is 43.0. The molecule has 6 aliphatic rings. The van der Waals surface area contributed by atoms with E-state index in [9.17, 15) is 25.1 Å². The van der Waals surface area contributed by atoms with Crippen molar-refractivity contribution in [2.24, 2.45) is 0 Å². The molecule has 9 rings (SSSR count). The molecule has 6 atom stereocenters. The number of phenolic OH excluding ortho intramolecular Hbond substituents is 2. The number of benzene rings is 3. The van der Waals surface area contributed by atoms with Gasteiger partial charge in [-0.05, 0) is 101 Å². The van der Waals surface area contributed by atoms with E-state index in [-0.39, 0.29) is 54.2 Å². The van der Waals surface area contributed by atoms with Gasteiger partial charge in [0.15, 0.2) is 40.0 Å². The number of carbonyl (C=O) groups is 2. The van der Waals surface area contributed by atoms with Crippen LogP contribution in [0.5, 0.6) is 40.2 Å². The van der Waals surface area contributed by atoms with Gasteiger partial charge in [-0.15, -0.1) is 11.8 Å². The van der Waals surface area contributed by atoms with Crippen molar-refractivity contribution in [1.82, 2.24) is 15.1 Å². The van der Waals surface area contributed by atoms with Crippen molar-refractivity contribution in [3.63, 3.8) is 0 Å². The number of likely N-dealkylation sites (N-methyl/N-ethyl adjacent to an activating group) is 1. The minimum absolute atomic E-state index is 0.0439. The lowest BCUT2D eigenvalue weighted by Gasteiger charge is -2.57. The number of piperazine rings is 1. The summed E-state index contributed by atoms with van der Waals surface area (Å²) in [6.45, 7) is 11.5. The summed E-state index contributed by atoms with van der Waals surface area (Å²) in [5.74, 6) is 1.54. The molecule has 320 valence electrons. The molecule has 0 amide bonds. The number of hydrogen-bond donors (Lipinski definition) is 3. The molecule has 3 N–H and O–H groups in total. The van der Waals surface area contributed by atoms with Crippen molar-refractivity contribution in [3.05, 3.63) is 62.7 Å². The first-order valence-corrected chi connectivity index (χ1v) is 21.1. The Balaban J connectivity index is 1.23. The summed E-state index contributed by atoms with van der Waals surface area (Å²) in [4.78, 5) is 32.0. The third kappa shape index (κ3) is 6.70. The van der Waals surface area contributed by atoms with Crippen molar-refractivity contribution in [1.29, 1.82) is 5.26 Å². The summed E-state index contributed by atoms with van der Waals surface area (Å²) in [6.07, 6.45) is 0.0945. The van der Waals surface area contributed by atoms with Crippen LogP contribution in [0.25, 0.3) is 0 Å². The number of nitriles is 1. The van der Waals surface area contributed by atoms with Crippen molar-refractivity contribution < 1.29 is 53.0 Å². The Labute approximate surface area is 353 Å². The number of thioether (sulfide) groups is 1. The predicted molar refractivity (Wildman–Crippen MR) is 220 cm³/mol. The van der Waals surface area contributed by atoms with Gasteiger partial charge in [-0.25, -0.2) is 9.59 Å². The molecule has 2 saturated heterocycles. The van der Waals surface area contributed by atoms with E-state index < -0.39 is 40.6 Å². The monoisotopic (exact) mass is 844 g/mol. The minimum atomic E-state index is -1.36. The van der Waals surface area contributed by atoms with Gasteiger partial charge >= 0.3 is 12.1 Å². The second-order valence-corrected chi connectivity index (χ2v) is 18.3. The van der Waals surface area contributed by atoms with Crippen molar-refractivity contribution in [2.45, 2.75) is 94.9 Å². The van der Waals surface area contributed by atoms with Gasteiger partial charge in [0, 0.05) is 47.6 Å². The predicted octanol–water partition coefficient (Wildman–Crippen LogP) is 5.63. The van der Waals surface area contributed by atoms with Gasteiger partial charge in [-0.3, -0.25) is 15.1 Å². The van der Waals surface area contributed by atoms with E-state index >= 15 is 0 Å². The first-order chi connectivity index (χ1) is 28.5.